The fraction of sp³-hybridized carbons (Fsp3) is 0.900. The standard InChI is InChI=1S/C10H18O5S/c11-10(8-16(12,13)14)15-9-6-4-2-1-3-5-7-9/h9H,1-8H2,(H,12,13,14). The van der Waals surface area contributed by atoms with Crippen molar-refractivity contribution in [2.75, 3.05) is 5.75 Å². The maximum Gasteiger partial charge on any atom is 0.323 e. The third kappa shape index (κ3) is 6.07. The summed E-state index contributed by atoms with van der Waals surface area (Å²) in [6.07, 6.45) is 6.88. The van der Waals surface area contributed by atoms with Crippen molar-refractivity contribution in [2.45, 2.75) is 51.0 Å². The zero-order valence-corrected chi connectivity index (χ0v) is 10.0. The van der Waals surface area contributed by atoms with Crippen molar-refractivity contribution in [3.8, 4) is 0 Å². The smallest absolute Gasteiger partial charge is 0.323 e. The molecule has 0 unspecified atom stereocenters. The van der Waals surface area contributed by atoms with Gasteiger partial charge in [-0.1, -0.05) is 19.3 Å². The predicted molar refractivity (Wildman–Crippen MR) is 58.6 cm³/mol. The molecule has 1 aliphatic carbocycles. The van der Waals surface area contributed by atoms with Gasteiger partial charge in [0.05, 0.1) is 0 Å². The van der Waals surface area contributed by atoms with E-state index in [1.807, 2.05) is 0 Å². The molecule has 0 heterocycles. The van der Waals surface area contributed by atoms with Crippen molar-refractivity contribution >= 4 is 16.1 Å². The zero-order chi connectivity index (χ0) is 12.0. The third-order valence-electron chi connectivity index (χ3n) is 2.65. The van der Waals surface area contributed by atoms with Gasteiger partial charge in [-0.2, -0.15) is 8.42 Å². The molecule has 94 valence electrons. The average molecular weight is 250 g/mol. The van der Waals surface area contributed by atoms with Crippen LogP contribution in [0.3, 0.4) is 0 Å². The fourth-order valence-corrected chi connectivity index (χ4v) is 2.27. The molecule has 1 rings (SSSR count). The number of ether oxygens (including phenoxy) is 1. The van der Waals surface area contributed by atoms with Crippen molar-refractivity contribution in [2.24, 2.45) is 0 Å². The summed E-state index contributed by atoms with van der Waals surface area (Å²) in [4.78, 5) is 11.2. The summed E-state index contributed by atoms with van der Waals surface area (Å²) in [7, 11) is -4.26. The quantitative estimate of drug-likeness (QED) is 0.607. The largest absolute Gasteiger partial charge is 0.462 e. The maximum atomic E-state index is 11.2. The van der Waals surface area contributed by atoms with E-state index in [0.29, 0.717) is 0 Å². The molecule has 0 atom stereocenters. The second-order valence-electron chi connectivity index (χ2n) is 4.18. The molecule has 16 heavy (non-hydrogen) atoms. The van der Waals surface area contributed by atoms with E-state index in [2.05, 4.69) is 0 Å². The lowest BCUT2D eigenvalue weighted by Crippen LogP contribution is -2.24. The molecule has 1 N–H and O–H groups in total. The van der Waals surface area contributed by atoms with Crippen LogP contribution in [-0.4, -0.2) is 30.8 Å². The molecule has 0 aromatic carbocycles. The Morgan fingerprint density at radius 3 is 2.12 bits per heavy atom. The number of carbonyl (C=O) groups excluding carboxylic acids is 1. The van der Waals surface area contributed by atoms with E-state index in [-0.39, 0.29) is 6.10 Å². The Morgan fingerprint density at radius 2 is 1.62 bits per heavy atom. The summed E-state index contributed by atoms with van der Waals surface area (Å²) in [5.74, 6) is -1.79. The molecule has 0 bridgehead atoms. The molecule has 0 saturated heterocycles. The van der Waals surface area contributed by atoms with Crippen LogP contribution in [0.4, 0.5) is 0 Å². The number of hydrogen-bond acceptors (Lipinski definition) is 4. The van der Waals surface area contributed by atoms with E-state index in [9.17, 15) is 13.2 Å². The Labute approximate surface area is 95.9 Å². The summed E-state index contributed by atoms with van der Waals surface area (Å²) in [5, 5.41) is 0. The lowest BCUT2D eigenvalue weighted by Gasteiger charge is -2.19. The van der Waals surface area contributed by atoms with Crippen molar-refractivity contribution < 1.29 is 22.5 Å². The molecule has 5 nitrogen and oxygen atoms in total. The van der Waals surface area contributed by atoms with Crippen molar-refractivity contribution in [1.82, 2.24) is 0 Å². The predicted octanol–water partition coefficient (Wildman–Crippen LogP) is 1.53. The molecule has 0 radical (unpaired) electrons. The summed E-state index contributed by atoms with van der Waals surface area (Å²) < 4.78 is 34.4. The first kappa shape index (κ1) is 13.4. The highest BCUT2D eigenvalue weighted by Gasteiger charge is 2.19. The molecular formula is C10H18O5S. The van der Waals surface area contributed by atoms with Crippen LogP contribution in [0, 0.1) is 0 Å². The first-order chi connectivity index (χ1) is 7.47. The van der Waals surface area contributed by atoms with E-state index in [1.165, 1.54) is 6.42 Å². The highest BCUT2D eigenvalue weighted by atomic mass is 32.2. The van der Waals surface area contributed by atoms with Crippen LogP contribution in [0.5, 0.6) is 0 Å². The van der Waals surface area contributed by atoms with Gasteiger partial charge in [0, 0.05) is 0 Å². The molecule has 1 fully saturated rings. The minimum absolute atomic E-state index is 0.186. The summed E-state index contributed by atoms with van der Waals surface area (Å²) in [6.45, 7) is 0. The van der Waals surface area contributed by atoms with Gasteiger partial charge in [0.15, 0.2) is 5.75 Å². The van der Waals surface area contributed by atoms with Gasteiger partial charge < -0.3 is 4.74 Å². The van der Waals surface area contributed by atoms with E-state index < -0.39 is 21.8 Å². The van der Waals surface area contributed by atoms with Gasteiger partial charge >= 0.3 is 5.97 Å². The van der Waals surface area contributed by atoms with E-state index in [0.717, 1.165) is 38.5 Å². The van der Waals surface area contributed by atoms with E-state index >= 15 is 0 Å². The zero-order valence-electron chi connectivity index (χ0n) is 9.22. The average Bonchev–Trinajstić information content (AvgIpc) is 2.06. The topological polar surface area (TPSA) is 80.7 Å². The summed E-state index contributed by atoms with van der Waals surface area (Å²) in [6, 6.07) is 0. The van der Waals surface area contributed by atoms with Crippen LogP contribution in [0.25, 0.3) is 0 Å². The number of esters is 1. The van der Waals surface area contributed by atoms with Crippen molar-refractivity contribution in [3.63, 3.8) is 0 Å². The monoisotopic (exact) mass is 250 g/mol. The van der Waals surface area contributed by atoms with Crippen LogP contribution >= 0.6 is 0 Å². The lowest BCUT2D eigenvalue weighted by atomic mass is 9.99. The first-order valence-corrected chi connectivity index (χ1v) is 7.23. The summed E-state index contributed by atoms with van der Waals surface area (Å²) >= 11 is 0. The molecule has 0 aromatic rings. The SMILES string of the molecule is O=C(CS(=O)(=O)O)OC1CCCCCCC1. The van der Waals surface area contributed by atoms with Crippen LogP contribution < -0.4 is 0 Å². The second kappa shape index (κ2) is 6.20. The van der Waals surface area contributed by atoms with E-state index in [4.69, 9.17) is 9.29 Å². The highest BCUT2D eigenvalue weighted by Crippen LogP contribution is 2.19. The number of hydrogen-bond donors (Lipinski definition) is 1. The molecule has 6 heteroatoms. The Hall–Kier alpha value is -0.620. The number of rotatable bonds is 3. The Morgan fingerprint density at radius 1 is 1.12 bits per heavy atom. The van der Waals surface area contributed by atoms with Crippen LogP contribution in [0.15, 0.2) is 0 Å². The Bertz CT molecular complexity index is 314. The second-order valence-corrected chi connectivity index (χ2v) is 5.64. The molecule has 0 spiro atoms. The normalized spacial score (nSPS) is 19.8. The fourth-order valence-electron chi connectivity index (χ4n) is 1.91. The maximum absolute atomic E-state index is 11.2. The van der Waals surface area contributed by atoms with Gasteiger partial charge in [-0.25, -0.2) is 0 Å². The van der Waals surface area contributed by atoms with Gasteiger partial charge in [-0.3, -0.25) is 9.35 Å². The molecule has 1 aliphatic rings. The summed E-state index contributed by atoms with van der Waals surface area (Å²) in [5.41, 5.74) is 0. The number of carbonyl (C=O) groups is 1. The van der Waals surface area contributed by atoms with Gasteiger partial charge in [-0.05, 0) is 25.7 Å². The molecule has 1 saturated carbocycles. The van der Waals surface area contributed by atoms with Crippen LogP contribution in [-0.2, 0) is 19.6 Å². The third-order valence-corrected chi connectivity index (χ3v) is 3.25. The highest BCUT2D eigenvalue weighted by molar-refractivity contribution is 7.86. The first-order valence-electron chi connectivity index (χ1n) is 5.62. The van der Waals surface area contributed by atoms with Gasteiger partial charge in [-0.15, -0.1) is 0 Å². The van der Waals surface area contributed by atoms with Gasteiger partial charge in [0.1, 0.15) is 6.10 Å². The minimum Gasteiger partial charge on any atom is -0.462 e. The van der Waals surface area contributed by atoms with Crippen molar-refractivity contribution in [1.29, 1.82) is 0 Å². The minimum atomic E-state index is -4.26. The molecule has 0 amide bonds. The molecular weight excluding hydrogens is 232 g/mol. The van der Waals surface area contributed by atoms with Crippen LogP contribution in [0.2, 0.25) is 0 Å². The molecule has 0 aliphatic heterocycles. The van der Waals surface area contributed by atoms with Gasteiger partial charge in [0.25, 0.3) is 10.1 Å². The Kier molecular flexibility index (Phi) is 5.21. The molecule has 0 aromatic heterocycles. The lowest BCUT2D eigenvalue weighted by molar-refractivity contribution is -0.146. The van der Waals surface area contributed by atoms with E-state index in [1.54, 1.807) is 0 Å². The van der Waals surface area contributed by atoms with Crippen LogP contribution in [0.1, 0.15) is 44.9 Å². The van der Waals surface area contributed by atoms with Crippen molar-refractivity contribution in [3.05, 3.63) is 0 Å². The Balaban J connectivity index is 2.36. The van der Waals surface area contributed by atoms with Gasteiger partial charge in [0.2, 0.25) is 0 Å².